The van der Waals surface area contributed by atoms with E-state index in [1.54, 1.807) is 17.7 Å². The van der Waals surface area contributed by atoms with Crippen molar-refractivity contribution >= 4 is 17.3 Å². The van der Waals surface area contributed by atoms with Crippen LogP contribution < -0.4 is 10.6 Å². The fourth-order valence-corrected chi connectivity index (χ4v) is 3.08. The van der Waals surface area contributed by atoms with E-state index >= 15 is 0 Å². The van der Waals surface area contributed by atoms with Gasteiger partial charge in [-0.1, -0.05) is 26.3 Å². The molecule has 0 aromatic carbocycles. The summed E-state index contributed by atoms with van der Waals surface area (Å²) < 4.78 is 2.08. The summed E-state index contributed by atoms with van der Waals surface area (Å²) in [4.78, 5) is 6.00. The number of guanidine groups is 1. The number of aliphatic imine (C=N–C) groups is 1. The Kier molecular flexibility index (Phi) is 7.74. The van der Waals surface area contributed by atoms with Gasteiger partial charge in [0, 0.05) is 30.9 Å². The highest BCUT2D eigenvalue weighted by atomic mass is 32.1. The molecule has 24 heavy (non-hydrogen) atoms. The fourth-order valence-electron chi connectivity index (χ4n) is 2.35. The van der Waals surface area contributed by atoms with E-state index in [1.165, 1.54) is 4.88 Å². The van der Waals surface area contributed by atoms with Crippen molar-refractivity contribution in [3.63, 3.8) is 0 Å². The second-order valence-electron chi connectivity index (χ2n) is 5.69. The van der Waals surface area contributed by atoms with Gasteiger partial charge in [0.15, 0.2) is 5.96 Å². The molecular weight excluding hydrogens is 320 g/mol. The van der Waals surface area contributed by atoms with Crippen molar-refractivity contribution in [2.45, 2.75) is 52.6 Å². The number of aromatic nitrogens is 3. The fraction of sp³-hybridized carbons (Fsp3) is 0.588. The SMILES string of the molecule is CCCCN=C(NCCn1cnnc1CC)NC(C)c1cccs1. The molecule has 0 saturated heterocycles. The minimum Gasteiger partial charge on any atom is -0.355 e. The van der Waals surface area contributed by atoms with Crippen LogP contribution in [0.15, 0.2) is 28.8 Å². The molecule has 0 amide bonds. The Balaban J connectivity index is 1.89. The molecule has 0 aliphatic heterocycles. The Hall–Kier alpha value is -1.89. The van der Waals surface area contributed by atoms with Gasteiger partial charge in [-0.15, -0.1) is 21.5 Å². The number of rotatable bonds is 9. The molecule has 1 unspecified atom stereocenters. The number of nitrogens with zero attached hydrogens (tertiary/aromatic N) is 4. The van der Waals surface area contributed by atoms with E-state index in [0.29, 0.717) is 0 Å². The zero-order valence-electron chi connectivity index (χ0n) is 14.8. The molecule has 2 heterocycles. The first-order valence-electron chi connectivity index (χ1n) is 8.69. The van der Waals surface area contributed by atoms with Crippen LogP contribution in [0.5, 0.6) is 0 Å². The van der Waals surface area contributed by atoms with Gasteiger partial charge in [0.1, 0.15) is 12.2 Å². The zero-order valence-corrected chi connectivity index (χ0v) is 15.6. The monoisotopic (exact) mass is 348 g/mol. The van der Waals surface area contributed by atoms with E-state index in [1.807, 2.05) is 0 Å². The number of hydrogen-bond acceptors (Lipinski definition) is 4. The molecule has 0 bridgehead atoms. The lowest BCUT2D eigenvalue weighted by Gasteiger charge is -2.18. The van der Waals surface area contributed by atoms with E-state index in [2.05, 4.69) is 68.7 Å². The number of nitrogens with one attached hydrogen (secondary N) is 2. The first kappa shape index (κ1) is 18.4. The van der Waals surface area contributed by atoms with Gasteiger partial charge in [0.2, 0.25) is 0 Å². The summed E-state index contributed by atoms with van der Waals surface area (Å²) in [6.07, 6.45) is 4.94. The van der Waals surface area contributed by atoms with Crippen LogP contribution in [0.3, 0.4) is 0 Å². The first-order chi connectivity index (χ1) is 11.7. The smallest absolute Gasteiger partial charge is 0.191 e. The van der Waals surface area contributed by atoms with Gasteiger partial charge < -0.3 is 15.2 Å². The summed E-state index contributed by atoms with van der Waals surface area (Å²) in [7, 11) is 0. The summed E-state index contributed by atoms with van der Waals surface area (Å²) >= 11 is 1.76. The summed E-state index contributed by atoms with van der Waals surface area (Å²) in [5, 5.41) is 17.1. The molecule has 2 aromatic rings. The minimum absolute atomic E-state index is 0.249. The van der Waals surface area contributed by atoms with E-state index in [0.717, 1.165) is 50.7 Å². The highest BCUT2D eigenvalue weighted by Gasteiger charge is 2.09. The maximum atomic E-state index is 4.68. The first-order valence-corrected chi connectivity index (χ1v) is 9.57. The molecule has 2 N–H and O–H groups in total. The highest BCUT2D eigenvalue weighted by molar-refractivity contribution is 7.10. The van der Waals surface area contributed by atoms with E-state index in [-0.39, 0.29) is 6.04 Å². The van der Waals surface area contributed by atoms with Crippen LogP contribution in [0.2, 0.25) is 0 Å². The van der Waals surface area contributed by atoms with E-state index < -0.39 is 0 Å². The highest BCUT2D eigenvalue weighted by Crippen LogP contribution is 2.17. The van der Waals surface area contributed by atoms with Crippen LogP contribution in [0.4, 0.5) is 0 Å². The number of hydrogen-bond donors (Lipinski definition) is 2. The lowest BCUT2D eigenvalue weighted by atomic mass is 10.3. The van der Waals surface area contributed by atoms with Gasteiger partial charge in [-0.2, -0.15) is 0 Å². The molecule has 132 valence electrons. The molecule has 1 atom stereocenters. The molecule has 6 nitrogen and oxygen atoms in total. The van der Waals surface area contributed by atoms with Gasteiger partial charge in [0.25, 0.3) is 0 Å². The predicted molar refractivity (Wildman–Crippen MR) is 100 cm³/mol. The Labute approximate surface area is 148 Å². The van der Waals surface area contributed by atoms with Crippen molar-refractivity contribution < 1.29 is 0 Å². The summed E-state index contributed by atoms with van der Waals surface area (Å²) in [6.45, 7) is 8.91. The van der Waals surface area contributed by atoms with Gasteiger partial charge in [0.05, 0.1) is 6.04 Å². The second kappa shape index (κ2) is 10.1. The Morgan fingerprint density at radius 1 is 1.42 bits per heavy atom. The Bertz CT molecular complexity index is 604. The topological polar surface area (TPSA) is 67.1 Å². The van der Waals surface area contributed by atoms with Crippen LogP contribution >= 0.6 is 11.3 Å². The Morgan fingerprint density at radius 3 is 3.00 bits per heavy atom. The van der Waals surface area contributed by atoms with Crippen LogP contribution in [-0.4, -0.2) is 33.8 Å². The van der Waals surface area contributed by atoms with Crippen LogP contribution in [0.1, 0.15) is 50.4 Å². The summed E-state index contributed by atoms with van der Waals surface area (Å²) in [5.74, 6) is 1.89. The normalized spacial score (nSPS) is 13.0. The molecule has 0 saturated carbocycles. The van der Waals surface area contributed by atoms with Crippen molar-refractivity contribution in [3.8, 4) is 0 Å². The number of aryl methyl sites for hydroxylation is 1. The average molecular weight is 349 g/mol. The maximum Gasteiger partial charge on any atom is 0.191 e. The molecule has 0 radical (unpaired) electrons. The van der Waals surface area contributed by atoms with Crippen molar-refractivity contribution in [3.05, 3.63) is 34.5 Å². The maximum absolute atomic E-state index is 4.68. The summed E-state index contributed by atoms with van der Waals surface area (Å²) in [6, 6.07) is 4.48. The quantitative estimate of drug-likeness (QED) is 0.415. The van der Waals surface area contributed by atoms with Crippen molar-refractivity contribution in [1.82, 2.24) is 25.4 Å². The third kappa shape index (κ3) is 5.63. The lowest BCUT2D eigenvalue weighted by Crippen LogP contribution is -2.40. The van der Waals surface area contributed by atoms with Gasteiger partial charge in [-0.05, 0) is 24.8 Å². The van der Waals surface area contributed by atoms with Crippen molar-refractivity contribution in [2.24, 2.45) is 4.99 Å². The zero-order chi connectivity index (χ0) is 17.2. The third-order valence-corrected chi connectivity index (χ3v) is 4.82. The van der Waals surface area contributed by atoms with E-state index in [9.17, 15) is 0 Å². The number of unbranched alkanes of at least 4 members (excludes halogenated alkanes) is 1. The molecule has 0 fully saturated rings. The molecule has 2 rings (SSSR count). The van der Waals surface area contributed by atoms with Gasteiger partial charge >= 0.3 is 0 Å². The van der Waals surface area contributed by atoms with Crippen LogP contribution in [-0.2, 0) is 13.0 Å². The molecule has 7 heteroatoms. The number of thiophene rings is 1. The standard InChI is InChI=1S/C17H28N6S/c1-4-6-9-18-17(21-14(3)15-8-7-12-24-15)19-10-11-23-13-20-22-16(23)5-2/h7-8,12-14H,4-6,9-11H2,1-3H3,(H2,18,19,21). The predicted octanol–water partition coefficient (Wildman–Crippen LogP) is 3.00. The van der Waals surface area contributed by atoms with Gasteiger partial charge in [-0.3, -0.25) is 4.99 Å². The minimum atomic E-state index is 0.249. The molecule has 0 aliphatic carbocycles. The molecule has 0 aliphatic rings. The van der Waals surface area contributed by atoms with Gasteiger partial charge in [-0.25, -0.2) is 0 Å². The summed E-state index contributed by atoms with van der Waals surface area (Å²) in [5.41, 5.74) is 0. The molecular formula is C17H28N6S. The molecule has 0 spiro atoms. The van der Waals surface area contributed by atoms with Crippen LogP contribution in [0.25, 0.3) is 0 Å². The Morgan fingerprint density at radius 2 is 2.29 bits per heavy atom. The van der Waals surface area contributed by atoms with Crippen molar-refractivity contribution in [1.29, 1.82) is 0 Å². The van der Waals surface area contributed by atoms with E-state index in [4.69, 9.17) is 0 Å². The van der Waals surface area contributed by atoms with Crippen LogP contribution in [0, 0.1) is 0 Å². The largest absolute Gasteiger partial charge is 0.355 e. The second-order valence-corrected chi connectivity index (χ2v) is 6.67. The van der Waals surface area contributed by atoms with Crippen molar-refractivity contribution in [2.75, 3.05) is 13.1 Å². The molecule has 2 aromatic heterocycles. The third-order valence-electron chi connectivity index (χ3n) is 3.76. The average Bonchev–Trinajstić information content (AvgIpc) is 3.26. The lowest BCUT2D eigenvalue weighted by molar-refractivity contribution is 0.620.